The van der Waals surface area contributed by atoms with Gasteiger partial charge in [0.25, 0.3) is 0 Å². The highest BCUT2D eigenvalue weighted by Gasteiger charge is 2.60. The van der Waals surface area contributed by atoms with E-state index >= 15 is 0 Å². The van der Waals surface area contributed by atoms with E-state index in [0.29, 0.717) is 11.4 Å². The fourth-order valence-electron chi connectivity index (χ4n) is 1.23. The number of rotatable bonds is 1. The van der Waals surface area contributed by atoms with Gasteiger partial charge in [-0.05, 0) is 0 Å². The molecule has 0 N–H and O–H groups in total. The van der Waals surface area contributed by atoms with Gasteiger partial charge in [0.15, 0.2) is 23.3 Å². The van der Waals surface area contributed by atoms with Crippen molar-refractivity contribution in [3.05, 3.63) is 29.3 Å². The number of fused-ring (bicyclic) bond motifs is 1. The molecule has 92 valence electrons. The van der Waals surface area contributed by atoms with E-state index in [9.17, 15) is 22.1 Å². The van der Waals surface area contributed by atoms with Crippen molar-refractivity contribution >= 4 is 13.5 Å². The van der Waals surface area contributed by atoms with E-state index in [0.717, 1.165) is 0 Å². The molecule has 0 saturated carbocycles. The zero-order chi connectivity index (χ0) is 12.4. The van der Waals surface area contributed by atoms with Crippen LogP contribution < -0.4 is 5.17 Å². The average Bonchev–Trinajstić information content (AvgIpc) is 2.73. The Labute approximate surface area is 90.3 Å². The molecule has 0 radical (unpaired) electrons. The first-order chi connectivity index (χ1) is 7.91. The smallest absolute Gasteiger partial charge is 0.222 e. The summed E-state index contributed by atoms with van der Waals surface area (Å²) in [6.07, 6.45) is 0. The molecular weight excluding hydrogens is 271 g/mol. The largest absolute Gasteiger partial charge is 0.538 e. The number of benzene rings is 1. The summed E-state index contributed by atoms with van der Waals surface area (Å²) in [6.45, 7) is 0. The molecule has 0 aromatic heterocycles. The van der Waals surface area contributed by atoms with E-state index < -0.39 is 36.8 Å². The number of hydrogen-bond donors (Lipinski definition) is 0. The van der Waals surface area contributed by atoms with Gasteiger partial charge in [0.1, 0.15) is 5.69 Å². The Kier molecular flexibility index (Phi) is 2.04. The average molecular weight is 272 g/mol. The molecule has 11 heteroatoms. The first-order valence-corrected chi connectivity index (χ1v) is 5.50. The monoisotopic (exact) mass is 272 g/mol. The van der Waals surface area contributed by atoms with Crippen LogP contribution in [-0.4, -0.2) is 5.34 Å². The van der Waals surface area contributed by atoms with Gasteiger partial charge in [-0.15, -0.1) is 19.0 Å². The van der Waals surface area contributed by atoms with Gasteiger partial charge in [0.05, 0.1) is 5.34 Å². The van der Waals surface area contributed by atoms with Gasteiger partial charge in [0, 0.05) is 6.07 Å². The quantitative estimate of drug-likeness (QED) is 0.338. The van der Waals surface area contributed by atoms with Crippen LogP contribution in [0.3, 0.4) is 0 Å². The summed E-state index contributed by atoms with van der Waals surface area (Å²) < 4.78 is 75.9. The van der Waals surface area contributed by atoms with Crippen LogP contribution in [0.4, 0.5) is 23.2 Å². The summed E-state index contributed by atoms with van der Waals surface area (Å²) in [5.41, 5.74) is -0.878. The third-order valence-corrected chi connectivity index (χ3v) is 2.99. The molecule has 4 rings (SSSR count). The van der Waals surface area contributed by atoms with Gasteiger partial charge in [-0.3, -0.25) is 0 Å². The molecule has 0 aliphatic carbocycles. The van der Waals surface area contributed by atoms with Crippen LogP contribution in [0.25, 0.3) is 0 Å². The minimum absolute atomic E-state index is 0.266. The number of hydrogen-bond acceptors (Lipinski definition) is 6. The van der Waals surface area contributed by atoms with E-state index in [1.54, 1.807) is 0 Å². The summed E-state index contributed by atoms with van der Waals surface area (Å²) in [5.74, 6) is -7.39. The van der Waals surface area contributed by atoms with Crippen molar-refractivity contribution in [2.45, 2.75) is 0 Å². The lowest BCUT2D eigenvalue weighted by atomic mass is 10.2. The van der Waals surface area contributed by atoms with Crippen molar-refractivity contribution in [3.63, 3.8) is 0 Å². The van der Waals surface area contributed by atoms with Crippen LogP contribution in [0.15, 0.2) is 6.07 Å². The van der Waals surface area contributed by atoms with Crippen molar-refractivity contribution in [2.75, 3.05) is 5.17 Å². The maximum absolute atomic E-state index is 13.3. The maximum Gasteiger partial charge on any atom is 0.538 e. The van der Waals surface area contributed by atoms with Crippen LogP contribution in [0.1, 0.15) is 0 Å². The SMILES string of the molecule is O=P12ON(O1)N(c1cc(F)c(F)c(F)c1F)O2. The van der Waals surface area contributed by atoms with Crippen LogP contribution in [0.5, 0.6) is 0 Å². The lowest BCUT2D eigenvalue weighted by Crippen LogP contribution is -2.35. The molecule has 1 aromatic rings. The number of phosphoric acid groups is 1. The molecule has 6 nitrogen and oxygen atoms in total. The number of hydrazine groups is 1. The van der Waals surface area contributed by atoms with E-state index in [1.807, 2.05) is 0 Å². The molecule has 0 unspecified atom stereocenters. The molecule has 3 saturated heterocycles. The summed E-state index contributed by atoms with van der Waals surface area (Å²) in [6, 6.07) is 0.300. The molecule has 2 bridgehead atoms. The van der Waals surface area contributed by atoms with Gasteiger partial charge in [0.2, 0.25) is 0 Å². The Bertz CT molecular complexity index is 559. The lowest BCUT2D eigenvalue weighted by molar-refractivity contribution is -0.319. The van der Waals surface area contributed by atoms with Crippen molar-refractivity contribution in [1.82, 2.24) is 5.34 Å². The second-order valence-electron chi connectivity index (χ2n) is 3.02. The van der Waals surface area contributed by atoms with Crippen molar-refractivity contribution in [2.24, 2.45) is 0 Å². The molecule has 3 heterocycles. The minimum Gasteiger partial charge on any atom is -0.222 e. The van der Waals surface area contributed by atoms with Gasteiger partial charge >= 0.3 is 7.82 Å². The Morgan fingerprint density at radius 2 is 1.65 bits per heavy atom. The predicted octanol–water partition coefficient (Wildman–Crippen LogP) is 2.20. The number of anilines is 1. The molecule has 0 amide bonds. The highest BCUT2D eigenvalue weighted by Crippen LogP contribution is 2.67. The zero-order valence-electron chi connectivity index (χ0n) is 7.56. The number of nitrogens with zero attached hydrogens (tertiary/aromatic N) is 2. The van der Waals surface area contributed by atoms with Gasteiger partial charge < -0.3 is 0 Å². The van der Waals surface area contributed by atoms with Crippen molar-refractivity contribution < 1.29 is 36.0 Å². The first kappa shape index (κ1) is 10.9. The normalized spacial score (nSPS) is 30.6. The van der Waals surface area contributed by atoms with Gasteiger partial charge in [-0.25, -0.2) is 22.1 Å². The van der Waals surface area contributed by atoms with E-state index in [2.05, 4.69) is 13.9 Å². The Morgan fingerprint density at radius 1 is 1.00 bits per heavy atom. The second kappa shape index (κ2) is 3.18. The van der Waals surface area contributed by atoms with Crippen molar-refractivity contribution in [1.29, 1.82) is 0 Å². The van der Waals surface area contributed by atoms with E-state index in [-0.39, 0.29) is 5.17 Å². The Hall–Kier alpha value is -1.19. The van der Waals surface area contributed by atoms with Gasteiger partial charge in [-0.2, -0.15) is 0 Å². The molecule has 3 aliphatic heterocycles. The van der Waals surface area contributed by atoms with E-state index in [4.69, 9.17) is 0 Å². The van der Waals surface area contributed by atoms with Crippen LogP contribution in [0.2, 0.25) is 0 Å². The third-order valence-electron chi connectivity index (χ3n) is 1.95. The first-order valence-electron chi connectivity index (χ1n) is 4.03. The van der Waals surface area contributed by atoms with Gasteiger partial charge in [-0.1, -0.05) is 0 Å². The summed E-state index contributed by atoms with van der Waals surface area (Å²) >= 11 is 0. The lowest BCUT2D eigenvalue weighted by Gasteiger charge is -2.21. The Balaban J connectivity index is 2.08. The summed E-state index contributed by atoms with van der Waals surface area (Å²) in [5, 5.41) is 0.567. The fourth-order valence-corrected chi connectivity index (χ4v) is 2.11. The molecule has 0 spiro atoms. The van der Waals surface area contributed by atoms with Crippen molar-refractivity contribution in [3.8, 4) is 0 Å². The third kappa shape index (κ3) is 1.39. The standard InChI is InChI=1S/C6HF4N2O4P/c7-2-1-3(5(9)6(10)4(2)8)11-12-15-17(13,14-11)16-12/h1H. The highest BCUT2D eigenvalue weighted by molar-refractivity contribution is 7.49. The minimum atomic E-state index is -3.84. The van der Waals surface area contributed by atoms with Crippen LogP contribution >= 0.6 is 7.82 Å². The summed E-state index contributed by atoms with van der Waals surface area (Å²) in [4.78, 5) is 0. The molecule has 17 heavy (non-hydrogen) atoms. The zero-order valence-corrected chi connectivity index (χ0v) is 8.46. The molecule has 1 aromatic carbocycles. The maximum atomic E-state index is 13.3. The van der Waals surface area contributed by atoms with Crippen LogP contribution in [-0.2, 0) is 18.4 Å². The molecule has 0 atom stereocenters. The molecular formula is C6HF4N2O4P. The highest BCUT2D eigenvalue weighted by atomic mass is 31.2. The number of halogens is 4. The Morgan fingerprint density at radius 3 is 2.18 bits per heavy atom. The molecule has 3 fully saturated rings. The van der Waals surface area contributed by atoms with E-state index in [1.165, 1.54) is 0 Å². The predicted molar refractivity (Wildman–Crippen MR) is 41.5 cm³/mol. The topological polar surface area (TPSA) is 51.2 Å². The second-order valence-corrected chi connectivity index (χ2v) is 4.41. The fraction of sp³-hybridized carbons (Fsp3) is 0. The van der Waals surface area contributed by atoms with Crippen LogP contribution in [0, 0.1) is 23.3 Å². The molecule has 3 aliphatic rings. The summed E-state index contributed by atoms with van der Waals surface area (Å²) in [7, 11) is -3.84.